The minimum atomic E-state index is -0.600. The van der Waals surface area contributed by atoms with E-state index in [0.717, 1.165) is 49.8 Å². The predicted molar refractivity (Wildman–Crippen MR) is 136 cm³/mol. The average molecular weight is 494 g/mol. The number of hydrogen-bond acceptors (Lipinski definition) is 7. The first kappa shape index (κ1) is 24.8. The van der Waals surface area contributed by atoms with Crippen LogP contribution in [0.5, 0.6) is 0 Å². The summed E-state index contributed by atoms with van der Waals surface area (Å²) in [6.07, 6.45) is 8.02. The third kappa shape index (κ3) is 6.03. The van der Waals surface area contributed by atoms with E-state index in [1.54, 1.807) is 11.0 Å². The molecule has 8 nitrogen and oxygen atoms in total. The van der Waals surface area contributed by atoms with E-state index >= 15 is 0 Å². The van der Waals surface area contributed by atoms with Crippen LogP contribution in [0.4, 0.5) is 5.13 Å². The molecule has 0 radical (unpaired) electrons. The highest BCUT2D eigenvalue weighted by Gasteiger charge is 2.38. The van der Waals surface area contributed by atoms with Crippen LogP contribution in [0.3, 0.4) is 0 Å². The van der Waals surface area contributed by atoms with Gasteiger partial charge in [0.05, 0.1) is 5.69 Å². The maximum absolute atomic E-state index is 13.1. The monoisotopic (exact) mass is 493 g/mol. The normalized spacial score (nSPS) is 15.2. The van der Waals surface area contributed by atoms with Crippen molar-refractivity contribution in [1.29, 1.82) is 0 Å². The molecule has 1 aliphatic carbocycles. The SMILES string of the molecule is C=CCN(C(=O)CCc1nc(C2(NC(C)=O)CCCCCC2)no1)c1nc(-c2ccccc2)cs1. The zero-order valence-electron chi connectivity index (χ0n) is 20.0. The summed E-state index contributed by atoms with van der Waals surface area (Å²) < 4.78 is 5.51. The van der Waals surface area contributed by atoms with E-state index in [9.17, 15) is 9.59 Å². The Labute approximate surface area is 209 Å². The van der Waals surface area contributed by atoms with Crippen molar-refractivity contribution in [2.24, 2.45) is 0 Å². The average Bonchev–Trinajstić information content (AvgIpc) is 3.48. The second-order valence-corrected chi connectivity index (χ2v) is 9.70. The number of aryl methyl sites for hydroxylation is 1. The van der Waals surface area contributed by atoms with Gasteiger partial charge in [-0.15, -0.1) is 17.9 Å². The summed E-state index contributed by atoms with van der Waals surface area (Å²) in [5, 5.41) is 9.87. The van der Waals surface area contributed by atoms with Crippen LogP contribution in [-0.2, 0) is 21.5 Å². The fraction of sp³-hybridized carbons (Fsp3) is 0.423. The number of rotatable bonds is 9. The highest BCUT2D eigenvalue weighted by atomic mass is 32.1. The number of hydrogen-bond donors (Lipinski definition) is 1. The van der Waals surface area contributed by atoms with Gasteiger partial charge in [0.2, 0.25) is 17.7 Å². The standard InChI is InChI=1S/C26H31N5O3S/c1-3-17-31(25-27-21(18-35-25)20-11-7-6-8-12-20)23(33)14-13-22-28-24(30-34-22)26(29-19(2)32)15-9-4-5-10-16-26/h3,6-8,11-12,18H,1,4-5,9-10,13-17H2,2H3,(H,29,32). The van der Waals surface area contributed by atoms with E-state index in [-0.39, 0.29) is 18.2 Å². The van der Waals surface area contributed by atoms with E-state index < -0.39 is 5.54 Å². The molecule has 0 saturated heterocycles. The molecule has 2 heterocycles. The lowest BCUT2D eigenvalue weighted by Crippen LogP contribution is -2.45. The molecule has 35 heavy (non-hydrogen) atoms. The van der Waals surface area contributed by atoms with Crippen molar-refractivity contribution in [3.63, 3.8) is 0 Å². The Balaban J connectivity index is 1.45. The van der Waals surface area contributed by atoms with E-state index in [4.69, 9.17) is 4.52 Å². The molecule has 0 bridgehead atoms. The lowest BCUT2D eigenvalue weighted by atomic mass is 9.89. The van der Waals surface area contributed by atoms with E-state index in [2.05, 4.69) is 27.0 Å². The van der Waals surface area contributed by atoms with E-state index in [1.807, 2.05) is 35.7 Å². The number of thiazole rings is 1. The number of amides is 2. The number of benzene rings is 1. The second-order valence-electron chi connectivity index (χ2n) is 8.86. The summed E-state index contributed by atoms with van der Waals surface area (Å²) in [5.41, 5.74) is 1.24. The minimum absolute atomic E-state index is 0.0929. The van der Waals surface area contributed by atoms with E-state index in [0.29, 0.717) is 29.8 Å². The van der Waals surface area contributed by atoms with Crippen molar-refractivity contribution in [2.75, 3.05) is 11.4 Å². The Bertz CT molecular complexity index is 1150. The highest BCUT2D eigenvalue weighted by Crippen LogP contribution is 2.35. The topological polar surface area (TPSA) is 101 Å². The molecule has 4 rings (SSSR count). The summed E-state index contributed by atoms with van der Waals surface area (Å²) in [6, 6.07) is 9.87. The van der Waals surface area contributed by atoms with Gasteiger partial charge in [0.15, 0.2) is 11.0 Å². The predicted octanol–water partition coefficient (Wildman–Crippen LogP) is 5.03. The van der Waals surface area contributed by atoms with E-state index in [1.165, 1.54) is 18.3 Å². The third-order valence-electron chi connectivity index (χ3n) is 6.23. The molecule has 1 N–H and O–H groups in total. The van der Waals surface area contributed by atoms with Gasteiger partial charge in [-0.3, -0.25) is 14.5 Å². The van der Waals surface area contributed by atoms with Crippen LogP contribution < -0.4 is 10.2 Å². The quantitative estimate of drug-likeness (QED) is 0.331. The maximum atomic E-state index is 13.1. The molecule has 3 aromatic rings. The third-order valence-corrected chi connectivity index (χ3v) is 7.09. The first-order chi connectivity index (χ1) is 17.0. The molecular weight excluding hydrogens is 462 g/mol. The van der Waals surface area contributed by atoms with Crippen molar-refractivity contribution in [2.45, 2.75) is 63.8 Å². The minimum Gasteiger partial charge on any atom is -0.343 e. The smallest absolute Gasteiger partial charge is 0.229 e. The van der Waals surface area contributed by atoms with Crippen LogP contribution in [0.15, 0.2) is 52.9 Å². The van der Waals surface area contributed by atoms with Crippen LogP contribution in [0.2, 0.25) is 0 Å². The molecule has 1 aliphatic rings. The Kier molecular flexibility index (Phi) is 8.07. The fourth-order valence-electron chi connectivity index (χ4n) is 4.52. The number of aromatic nitrogens is 3. The van der Waals surface area contributed by atoms with Gasteiger partial charge >= 0.3 is 0 Å². The molecule has 0 unspecified atom stereocenters. The molecule has 0 spiro atoms. The largest absolute Gasteiger partial charge is 0.343 e. The molecular formula is C26H31N5O3S. The fourth-order valence-corrected chi connectivity index (χ4v) is 5.38. The Morgan fingerprint density at radius 2 is 1.91 bits per heavy atom. The molecule has 0 aliphatic heterocycles. The van der Waals surface area contributed by atoms with Gasteiger partial charge < -0.3 is 9.84 Å². The van der Waals surface area contributed by atoms with Gasteiger partial charge in [0.25, 0.3) is 0 Å². The van der Waals surface area contributed by atoms with Crippen molar-refractivity contribution in [1.82, 2.24) is 20.4 Å². The Morgan fingerprint density at radius 1 is 1.17 bits per heavy atom. The van der Waals surface area contributed by atoms with Crippen LogP contribution in [0.1, 0.15) is 63.6 Å². The maximum Gasteiger partial charge on any atom is 0.229 e. The van der Waals surface area contributed by atoms with Gasteiger partial charge in [0, 0.05) is 37.3 Å². The first-order valence-corrected chi connectivity index (χ1v) is 12.9. The number of nitrogens with one attached hydrogen (secondary N) is 1. The Hall–Kier alpha value is -3.33. The summed E-state index contributed by atoms with van der Waals surface area (Å²) in [6.45, 7) is 5.67. The van der Waals surface area contributed by atoms with Crippen molar-refractivity contribution < 1.29 is 14.1 Å². The Morgan fingerprint density at radius 3 is 2.60 bits per heavy atom. The van der Waals surface area contributed by atoms with Gasteiger partial charge in [-0.25, -0.2) is 4.98 Å². The number of nitrogens with zero attached hydrogens (tertiary/aromatic N) is 4. The number of anilines is 1. The van der Waals surface area contributed by atoms with Gasteiger partial charge in [0.1, 0.15) is 5.54 Å². The zero-order chi connectivity index (χ0) is 24.7. The summed E-state index contributed by atoms with van der Waals surface area (Å²) in [7, 11) is 0. The van der Waals surface area contributed by atoms with Crippen LogP contribution in [0, 0.1) is 0 Å². The van der Waals surface area contributed by atoms with Crippen molar-refractivity contribution in [3.05, 3.63) is 60.1 Å². The van der Waals surface area contributed by atoms with Gasteiger partial charge in [-0.2, -0.15) is 4.98 Å². The lowest BCUT2D eigenvalue weighted by molar-refractivity contribution is -0.121. The molecule has 1 aromatic carbocycles. The number of carbonyl (C=O) groups excluding carboxylic acids is 2. The number of carbonyl (C=O) groups is 2. The molecule has 2 aromatic heterocycles. The summed E-state index contributed by atoms with van der Waals surface area (Å²) >= 11 is 1.43. The van der Waals surface area contributed by atoms with Crippen molar-refractivity contribution >= 4 is 28.3 Å². The second kappa shape index (κ2) is 11.4. The van der Waals surface area contributed by atoms with Gasteiger partial charge in [-0.1, -0.05) is 67.2 Å². The molecule has 9 heteroatoms. The van der Waals surface area contributed by atoms with Crippen LogP contribution >= 0.6 is 11.3 Å². The summed E-state index contributed by atoms with van der Waals surface area (Å²) in [5.74, 6) is 0.703. The first-order valence-electron chi connectivity index (χ1n) is 12.0. The van der Waals surface area contributed by atoms with Crippen molar-refractivity contribution in [3.8, 4) is 11.3 Å². The van der Waals surface area contributed by atoms with Crippen LogP contribution in [-0.4, -0.2) is 33.5 Å². The molecule has 1 saturated carbocycles. The van der Waals surface area contributed by atoms with Gasteiger partial charge in [-0.05, 0) is 12.8 Å². The highest BCUT2D eigenvalue weighted by molar-refractivity contribution is 7.14. The molecule has 1 fully saturated rings. The summed E-state index contributed by atoms with van der Waals surface area (Å²) in [4.78, 5) is 35.9. The lowest BCUT2D eigenvalue weighted by Gasteiger charge is -2.30. The molecule has 184 valence electrons. The van der Waals surface area contributed by atoms with Crippen LogP contribution in [0.25, 0.3) is 11.3 Å². The zero-order valence-corrected chi connectivity index (χ0v) is 20.9. The molecule has 0 atom stereocenters. The molecule has 2 amide bonds.